The average molecular weight is 324 g/mol. The fourth-order valence-corrected chi connectivity index (χ4v) is 3.33. The molecule has 0 spiro atoms. The first-order chi connectivity index (χ1) is 8.66. The minimum absolute atomic E-state index is 0.123. The van der Waals surface area contributed by atoms with E-state index in [1.54, 1.807) is 12.1 Å². The molecule has 90 valence electrons. The minimum Gasteiger partial charge on any atom is -0.267 e. The van der Waals surface area contributed by atoms with Gasteiger partial charge >= 0.3 is 0 Å². The summed E-state index contributed by atoms with van der Waals surface area (Å²) in [5, 5.41) is 0.652. The number of benzene rings is 2. The highest BCUT2D eigenvalue weighted by molar-refractivity contribution is 9.10. The molecule has 3 aromatic rings. The van der Waals surface area contributed by atoms with E-state index < -0.39 is 0 Å². The summed E-state index contributed by atoms with van der Waals surface area (Å²) in [6, 6.07) is 11.7. The molecule has 18 heavy (non-hydrogen) atoms. The van der Waals surface area contributed by atoms with Crippen molar-refractivity contribution in [3.05, 3.63) is 63.1 Å². The van der Waals surface area contributed by atoms with Gasteiger partial charge in [-0.25, -0.2) is 8.35 Å². The highest BCUT2D eigenvalue weighted by atomic mass is 79.9. The molecule has 0 bridgehead atoms. The molecular weight excluding hydrogens is 317 g/mol. The van der Waals surface area contributed by atoms with Crippen LogP contribution >= 0.6 is 27.5 Å². The predicted molar refractivity (Wildman–Crippen MR) is 75.1 cm³/mol. The van der Waals surface area contributed by atoms with Crippen LogP contribution in [0.3, 0.4) is 0 Å². The van der Waals surface area contributed by atoms with Crippen LogP contribution in [0, 0.1) is 5.82 Å². The summed E-state index contributed by atoms with van der Waals surface area (Å²) in [6.45, 7) is 0. The van der Waals surface area contributed by atoms with E-state index >= 15 is 0 Å². The van der Waals surface area contributed by atoms with Crippen molar-refractivity contribution >= 4 is 37.5 Å². The Morgan fingerprint density at radius 1 is 1.17 bits per heavy atom. The molecule has 1 heterocycles. The molecule has 0 N–H and O–H groups in total. The number of halogens is 2. The summed E-state index contributed by atoms with van der Waals surface area (Å²) in [5.41, 5.74) is 0.406. The molecule has 0 aliphatic heterocycles. The first-order valence-corrected chi connectivity index (χ1v) is 6.80. The molecular formula is C13H7BrFNOS. The number of nitrogens with zero attached hydrogens (tertiary/aromatic N) is 1. The lowest BCUT2D eigenvalue weighted by molar-refractivity contribution is 0.626. The SMILES string of the molecule is O=c1c2ccccc2sn1-c1cc(F)ccc1Br. The van der Waals surface area contributed by atoms with Gasteiger partial charge in [0.2, 0.25) is 0 Å². The van der Waals surface area contributed by atoms with E-state index in [0.29, 0.717) is 15.5 Å². The van der Waals surface area contributed by atoms with Gasteiger partial charge in [-0.15, -0.1) is 0 Å². The lowest BCUT2D eigenvalue weighted by Gasteiger charge is -2.03. The van der Waals surface area contributed by atoms with Crippen molar-refractivity contribution in [2.24, 2.45) is 0 Å². The van der Waals surface area contributed by atoms with Crippen LogP contribution < -0.4 is 5.56 Å². The minimum atomic E-state index is -0.363. The highest BCUT2D eigenvalue weighted by Crippen LogP contribution is 2.25. The molecule has 0 aliphatic rings. The first kappa shape index (κ1) is 11.6. The molecule has 0 atom stereocenters. The summed E-state index contributed by atoms with van der Waals surface area (Å²) >= 11 is 4.65. The van der Waals surface area contributed by atoms with Gasteiger partial charge < -0.3 is 0 Å². The van der Waals surface area contributed by atoms with Crippen LogP contribution in [0.1, 0.15) is 0 Å². The quantitative estimate of drug-likeness (QED) is 0.664. The zero-order valence-corrected chi connectivity index (χ0v) is 11.5. The van der Waals surface area contributed by atoms with Gasteiger partial charge in [0.25, 0.3) is 5.56 Å². The van der Waals surface area contributed by atoms with Crippen LogP contribution in [0.5, 0.6) is 0 Å². The molecule has 0 radical (unpaired) electrons. The lowest BCUT2D eigenvalue weighted by atomic mass is 10.3. The fraction of sp³-hybridized carbons (Fsp3) is 0. The second-order valence-electron chi connectivity index (χ2n) is 3.78. The summed E-state index contributed by atoms with van der Waals surface area (Å²) in [6.07, 6.45) is 0. The Hall–Kier alpha value is -1.46. The zero-order chi connectivity index (χ0) is 12.7. The summed E-state index contributed by atoms with van der Waals surface area (Å²) < 4.78 is 16.4. The molecule has 0 saturated heterocycles. The van der Waals surface area contributed by atoms with Crippen molar-refractivity contribution in [2.45, 2.75) is 0 Å². The molecule has 0 amide bonds. The topological polar surface area (TPSA) is 22.0 Å². The van der Waals surface area contributed by atoms with E-state index in [1.165, 1.54) is 27.6 Å². The van der Waals surface area contributed by atoms with Crippen molar-refractivity contribution in [1.82, 2.24) is 3.96 Å². The molecule has 1 aromatic heterocycles. The number of fused-ring (bicyclic) bond motifs is 1. The number of hydrogen-bond donors (Lipinski definition) is 0. The Morgan fingerprint density at radius 2 is 1.94 bits per heavy atom. The van der Waals surface area contributed by atoms with Crippen LogP contribution in [0.15, 0.2) is 51.7 Å². The smallest absolute Gasteiger partial charge is 0.267 e. The highest BCUT2D eigenvalue weighted by Gasteiger charge is 2.11. The number of aromatic nitrogens is 1. The Labute approximate surface area is 115 Å². The normalized spacial score (nSPS) is 11.0. The van der Waals surface area contributed by atoms with Gasteiger partial charge in [0.15, 0.2) is 0 Å². The van der Waals surface area contributed by atoms with Crippen molar-refractivity contribution in [1.29, 1.82) is 0 Å². The van der Waals surface area contributed by atoms with E-state index in [0.717, 1.165) is 4.70 Å². The number of hydrogen-bond acceptors (Lipinski definition) is 2. The van der Waals surface area contributed by atoms with Crippen LogP contribution in [0.25, 0.3) is 15.8 Å². The van der Waals surface area contributed by atoms with Crippen molar-refractivity contribution in [3.8, 4) is 5.69 Å². The number of rotatable bonds is 1. The van der Waals surface area contributed by atoms with Gasteiger partial charge in [0.05, 0.1) is 15.8 Å². The van der Waals surface area contributed by atoms with Crippen molar-refractivity contribution < 1.29 is 4.39 Å². The van der Waals surface area contributed by atoms with E-state index in [9.17, 15) is 9.18 Å². The van der Waals surface area contributed by atoms with Gasteiger partial charge in [-0.05, 0) is 40.2 Å². The van der Waals surface area contributed by atoms with Crippen LogP contribution in [-0.4, -0.2) is 3.96 Å². The molecule has 0 fully saturated rings. The second kappa shape index (κ2) is 4.33. The monoisotopic (exact) mass is 323 g/mol. The third-order valence-electron chi connectivity index (χ3n) is 2.62. The maximum absolute atomic E-state index is 13.3. The molecule has 2 aromatic carbocycles. The average Bonchev–Trinajstić information content (AvgIpc) is 2.71. The van der Waals surface area contributed by atoms with E-state index in [1.807, 2.05) is 18.2 Å². The van der Waals surface area contributed by atoms with Crippen molar-refractivity contribution in [3.63, 3.8) is 0 Å². The summed E-state index contributed by atoms with van der Waals surface area (Å²) in [7, 11) is 0. The Balaban J connectivity index is 2.35. The third-order valence-corrected chi connectivity index (χ3v) is 4.39. The Morgan fingerprint density at radius 3 is 2.72 bits per heavy atom. The van der Waals surface area contributed by atoms with E-state index in [4.69, 9.17) is 0 Å². The molecule has 3 rings (SSSR count). The summed E-state index contributed by atoms with van der Waals surface area (Å²) in [4.78, 5) is 12.2. The van der Waals surface area contributed by atoms with Gasteiger partial charge in [-0.2, -0.15) is 0 Å². The summed E-state index contributed by atoms with van der Waals surface area (Å²) in [5.74, 6) is -0.363. The van der Waals surface area contributed by atoms with Crippen LogP contribution in [0.2, 0.25) is 0 Å². The lowest BCUT2D eigenvalue weighted by Crippen LogP contribution is -2.11. The molecule has 5 heteroatoms. The maximum Gasteiger partial charge on any atom is 0.273 e. The van der Waals surface area contributed by atoms with Gasteiger partial charge in [0, 0.05) is 10.5 Å². The molecule has 0 unspecified atom stereocenters. The Bertz CT molecular complexity index is 793. The predicted octanol–water partition coefficient (Wildman–Crippen LogP) is 3.95. The van der Waals surface area contributed by atoms with Crippen molar-refractivity contribution in [2.75, 3.05) is 0 Å². The largest absolute Gasteiger partial charge is 0.273 e. The second-order valence-corrected chi connectivity index (χ2v) is 5.62. The van der Waals surface area contributed by atoms with E-state index in [-0.39, 0.29) is 11.4 Å². The third kappa shape index (κ3) is 1.79. The molecule has 2 nitrogen and oxygen atoms in total. The van der Waals surface area contributed by atoms with Gasteiger partial charge in [-0.1, -0.05) is 23.7 Å². The van der Waals surface area contributed by atoms with Gasteiger partial charge in [0.1, 0.15) is 5.82 Å². The van der Waals surface area contributed by atoms with E-state index in [2.05, 4.69) is 15.9 Å². The molecule has 0 aliphatic carbocycles. The fourth-order valence-electron chi connectivity index (χ4n) is 1.77. The first-order valence-electron chi connectivity index (χ1n) is 5.23. The Kier molecular flexibility index (Phi) is 2.80. The maximum atomic E-state index is 13.3. The van der Waals surface area contributed by atoms with Crippen LogP contribution in [0.4, 0.5) is 4.39 Å². The zero-order valence-electron chi connectivity index (χ0n) is 9.06. The van der Waals surface area contributed by atoms with Crippen LogP contribution in [-0.2, 0) is 0 Å². The van der Waals surface area contributed by atoms with Gasteiger partial charge in [-0.3, -0.25) is 4.79 Å². The molecule has 0 saturated carbocycles. The standard InChI is InChI=1S/C13H7BrFNOS/c14-10-6-5-8(15)7-11(10)16-13(17)9-3-1-2-4-12(9)18-16/h1-7H.